The SMILES string of the molecule is N[C@@H](c1cncc2ccccc12)C1CC1. The Morgan fingerprint density at radius 2 is 2.00 bits per heavy atom. The fraction of sp³-hybridized carbons (Fsp3) is 0.308. The highest BCUT2D eigenvalue weighted by Crippen LogP contribution is 2.40. The quantitative estimate of drug-likeness (QED) is 0.805. The summed E-state index contributed by atoms with van der Waals surface area (Å²) in [5.74, 6) is 0.678. The van der Waals surface area contributed by atoms with E-state index in [-0.39, 0.29) is 6.04 Å². The maximum absolute atomic E-state index is 6.23. The van der Waals surface area contributed by atoms with E-state index in [1.54, 1.807) is 0 Å². The van der Waals surface area contributed by atoms with Gasteiger partial charge in [-0.3, -0.25) is 4.98 Å². The van der Waals surface area contributed by atoms with Gasteiger partial charge in [0.1, 0.15) is 0 Å². The van der Waals surface area contributed by atoms with Gasteiger partial charge in [-0.1, -0.05) is 24.3 Å². The number of aromatic nitrogens is 1. The topological polar surface area (TPSA) is 38.9 Å². The molecule has 1 atom stereocenters. The van der Waals surface area contributed by atoms with E-state index in [2.05, 4.69) is 23.2 Å². The van der Waals surface area contributed by atoms with E-state index in [9.17, 15) is 0 Å². The van der Waals surface area contributed by atoms with Gasteiger partial charge in [0, 0.05) is 23.8 Å². The van der Waals surface area contributed by atoms with Crippen molar-refractivity contribution in [1.82, 2.24) is 4.98 Å². The number of fused-ring (bicyclic) bond motifs is 1. The first-order valence-electron chi connectivity index (χ1n) is 5.44. The van der Waals surface area contributed by atoms with Crippen molar-refractivity contribution >= 4 is 10.8 Å². The fourth-order valence-corrected chi connectivity index (χ4v) is 2.11. The van der Waals surface area contributed by atoms with Crippen molar-refractivity contribution in [3.05, 3.63) is 42.2 Å². The lowest BCUT2D eigenvalue weighted by Gasteiger charge is -2.12. The summed E-state index contributed by atoms with van der Waals surface area (Å²) in [4.78, 5) is 4.26. The maximum Gasteiger partial charge on any atom is 0.0346 e. The highest BCUT2D eigenvalue weighted by Gasteiger charge is 2.30. The van der Waals surface area contributed by atoms with Crippen LogP contribution in [0.2, 0.25) is 0 Å². The molecule has 2 aromatic rings. The molecule has 76 valence electrons. The molecule has 0 bridgehead atoms. The van der Waals surface area contributed by atoms with E-state index in [0.29, 0.717) is 5.92 Å². The van der Waals surface area contributed by atoms with E-state index in [1.165, 1.54) is 29.2 Å². The molecular weight excluding hydrogens is 184 g/mol. The zero-order valence-corrected chi connectivity index (χ0v) is 8.56. The van der Waals surface area contributed by atoms with Crippen molar-refractivity contribution < 1.29 is 0 Å². The first kappa shape index (κ1) is 8.86. The van der Waals surface area contributed by atoms with Gasteiger partial charge in [-0.25, -0.2) is 0 Å². The van der Waals surface area contributed by atoms with Crippen molar-refractivity contribution in [3.8, 4) is 0 Å². The molecule has 2 N–H and O–H groups in total. The highest BCUT2D eigenvalue weighted by atomic mass is 14.7. The van der Waals surface area contributed by atoms with Gasteiger partial charge in [0.15, 0.2) is 0 Å². The molecule has 1 aliphatic rings. The van der Waals surface area contributed by atoms with E-state index < -0.39 is 0 Å². The molecule has 2 heteroatoms. The predicted molar refractivity (Wildman–Crippen MR) is 61.4 cm³/mol. The Balaban J connectivity index is 2.16. The molecule has 15 heavy (non-hydrogen) atoms. The number of nitrogens with zero attached hydrogens (tertiary/aromatic N) is 1. The van der Waals surface area contributed by atoms with Crippen LogP contribution in [-0.4, -0.2) is 4.98 Å². The lowest BCUT2D eigenvalue weighted by Crippen LogP contribution is -2.13. The zero-order chi connectivity index (χ0) is 10.3. The summed E-state index contributed by atoms with van der Waals surface area (Å²) in [5.41, 5.74) is 7.43. The molecule has 0 saturated heterocycles. The third kappa shape index (κ3) is 1.51. The molecule has 0 spiro atoms. The monoisotopic (exact) mass is 198 g/mol. The van der Waals surface area contributed by atoms with Crippen LogP contribution in [0.15, 0.2) is 36.7 Å². The molecule has 0 unspecified atom stereocenters. The van der Waals surface area contributed by atoms with E-state index >= 15 is 0 Å². The number of nitrogens with two attached hydrogens (primary N) is 1. The van der Waals surface area contributed by atoms with E-state index in [0.717, 1.165) is 0 Å². The number of benzene rings is 1. The van der Waals surface area contributed by atoms with Crippen molar-refractivity contribution in [1.29, 1.82) is 0 Å². The Bertz CT molecular complexity index is 483. The second-order valence-electron chi connectivity index (χ2n) is 4.31. The summed E-state index contributed by atoms with van der Waals surface area (Å²) in [6.45, 7) is 0. The van der Waals surface area contributed by atoms with Crippen LogP contribution < -0.4 is 5.73 Å². The lowest BCUT2D eigenvalue weighted by molar-refractivity contribution is 0.636. The number of hydrogen-bond donors (Lipinski definition) is 1. The van der Waals surface area contributed by atoms with Crippen LogP contribution in [0.25, 0.3) is 10.8 Å². The van der Waals surface area contributed by atoms with Crippen LogP contribution in [0.3, 0.4) is 0 Å². The average molecular weight is 198 g/mol. The summed E-state index contributed by atoms with van der Waals surface area (Å²) in [6, 6.07) is 8.49. The summed E-state index contributed by atoms with van der Waals surface area (Å²) in [5, 5.41) is 2.44. The largest absolute Gasteiger partial charge is 0.324 e. The summed E-state index contributed by atoms with van der Waals surface area (Å²) in [6.07, 6.45) is 6.36. The van der Waals surface area contributed by atoms with Crippen LogP contribution >= 0.6 is 0 Å². The number of rotatable bonds is 2. The van der Waals surface area contributed by atoms with E-state index in [1.807, 2.05) is 18.5 Å². The predicted octanol–water partition coefficient (Wildman–Crippen LogP) is 2.64. The third-order valence-electron chi connectivity index (χ3n) is 3.19. The summed E-state index contributed by atoms with van der Waals surface area (Å²) in [7, 11) is 0. The smallest absolute Gasteiger partial charge is 0.0346 e. The minimum Gasteiger partial charge on any atom is -0.324 e. The van der Waals surface area contributed by atoms with Crippen LogP contribution in [0.4, 0.5) is 0 Å². The van der Waals surface area contributed by atoms with Crippen LogP contribution in [-0.2, 0) is 0 Å². The summed E-state index contributed by atoms with van der Waals surface area (Å²) >= 11 is 0. The Kier molecular flexibility index (Phi) is 1.96. The molecule has 1 saturated carbocycles. The second kappa shape index (κ2) is 3.31. The van der Waals surface area contributed by atoms with Crippen molar-refractivity contribution in [2.75, 3.05) is 0 Å². The Morgan fingerprint density at radius 1 is 1.20 bits per heavy atom. The van der Waals surface area contributed by atoms with Gasteiger partial charge in [0.2, 0.25) is 0 Å². The minimum absolute atomic E-state index is 0.170. The number of pyridine rings is 1. The molecule has 1 fully saturated rings. The van der Waals surface area contributed by atoms with Gasteiger partial charge in [-0.05, 0) is 29.7 Å². The molecule has 1 aromatic carbocycles. The molecule has 2 nitrogen and oxygen atoms in total. The highest BCUT2D eigenvalue weighted by molar-refractivity contribution is 5.85. The Labute approximate surface area is 89.1 Å². The van der Waals surface area contributed by atoms with Gasteiger partial charge >= 0.3 is 0 Å². The van der Waals surface area contributed by atoms with Crippen LogP contribution in [0.5, 0.6) is 0 Å². The Hall–Kier alpha value is -1.41. The van der Waals surface area contributed by atoms with Gasteiger partial charge in [0.25, 0.3) is 0 Å². The average Bonchev–Trinajstić information content (AvgIpc) is 3.11. The minimum atomic E-state index is 0.170. The molecule has 1 heterocycles. The third-order valence-corrected chi connectivity index (χ3v) is 3.19. The zero-order valence-electron chi connectivity index (χ0n) is 8.56. The van der Waals surface area contributed by atoms with Gasteiger partial charge < -0.3 is 5.73 Å². The van der Waals surface area contributed by atoms with Gasteiger partial charge in [-0.2, -0.15) is 0 Å². The molecule has 3 rings (SSSR count). The van der Waals surface area contributed by atoms with Gasteiger partial charge in [-0.15, -0.1) is 0 Å². The van der Waals surface area contributed by atoms with Crippen molar-refractivity contribution in [2.24, 2.45) is 11.7 Å². The normalized spacial score (nSPS) is 17.9. The van der Waals surface area contributed by atoms with E-state index in [4.69, 9.17) is 5.73 Å². The van der Waals surface area contributed by atoms with Crippen LogP contribution in [0, 0.1) is 5.92 Å². The Morgan fingerprint density at radius 3 is 2.80 bits per heavy atom. The van der Waals surface area contributed by atoms with Crippen molar-refractivity contribution in [2.45, 2.75) is 18.9 Å². The molecular formula is C13H14N2. The molecule has 0 radical (unpaired) electrons. The van der Waals surface area contributed by atoms with Crippen molar-refractivity contribution in [3.63, 3.8) is 0 Å². The number of hydrogen-bond acceptors (Lipinski definition) is 2. The molecule has 1 aromatic heterocycles. The molecule has 1 aliphatic carbocycles. The summed E-state index contributed by atoms with van der Waals surface area (Å²) < 4.78 is 0. The van der Waals surface area contributed by atoms with Crippen LogP contribution in [0.1, 0.15) is 24.4 Å². The first-order valence-corrected chi connectivity index (χ1v) is 5.44. The second-order valence-corrected chi connectivity index (χ2v) is 4.31. The fourth-order valence-electron chi connectivity index (χ4n) is 2.11. The first-order chi connectivity index (χ1) is 7.36. The maximum atomic E-state index is 6.23. The van der Waals surface area contributed by atoms with Gasteiger partial charge in [0.05, 0.1) is 0 Å². The lowest BCUT2D eigenvalue weighted by atomic mass is 9.99. The molecule has 0 amide bonds. The molecule has 0 aliphatic heterocycles. The standard InChI is InChI=1S/C13H14N2/c14-13(9-5-6-9)12-8-15-7-10-3-1-2-4-11(10)12/h1-4,7-9,13H,5-6,14H2/t13-/m1/s1.